The summed E-state index contributed by atoms with van der Waals surface area (Å²) in [5.74, 6) is 0. The van der Waals surface area contributed by atoms with Crippen LogP contribution >= 0.6 is 22.7 Å². The number of aryl methyl sites for hydroxylation is 1. The predicted octanol–water partition coefficient (Wildman–Crippen LogP) is 3.03. The molecule has 0 atom stereocenters. The van der Waals surface area contributed by atoms with Crippen molar-refractivity contribution in [2.45, 2.75) is 13.5 Å². The van der Waals surface area contributed by atoms with Crippen molar-refractivity contribution in [3.8, 4) is 0 Å². The maximum Gasteiger partial charge on any atom is 0.324 e. The van der Waals surface area contributed by atoms with Gasteiger partial charge in [-0.15, -0.1) is 11.3 Å². The summed E-state index contributed by atoms with van der Waals surface area (Å²) in [4.78, 5) is 16.3. The van der Waals surface area contributed by atoms with Crippen LogP contribution in [0.25, 0.3) is 0 Å². The highest BCUT2D eigenvalue weighted by Crippen LogP contribution is 2.25. The summed E-state index contributed by atoms with van der Waals surface area (Å²) in [7, 11) is 0. The molecule has 0 unspecified atom stereocenters. The SMILES string of the molecule is Cc1cnc(NCc2ccc([N+](=O)[O-])s2)s1. The van der Waals surface area contributed by atoms with Crippen molar-refractivity contribution in [1.29, 1.82) is 0 Å². The Morgan fingerprint density at radius 2 is 2.31 bits per heavy atom. The first-order chi connectivity index (χ1) is 7.65. The third-order valence-electron chi connectivity index (χ3n) is 1.86. The molecule has 2 aromatic heterocycles. The monoisotopic (exact) mass is 255 g/mol. The zero-order valence-electron chi connectivity index (χ0n) is 8.47. The molecular weight excluding hydrogens is 246 g/mol. The van der Waals surface area contributed by atoms with Gasteiger partial charge in [0.05, 0.1) is 11.5 Å². The second kappa shape index (κ2) is 4.58. The molecule has 1 N–H and O–H groups in total. The number of anilines is 1. The number of nitrogens with one attached hydrogen (secondary N) is 1. The number of hydrogen-bond donors (Lipinski definition) is 1. The van der Waals surface area contributed by atoms with Crippen LogP contribution in [0.1, 0.15) is 9.75 Å². The van der Waals surface area contributed by atoms with Gasteiger partial charge < -0.3 is 5.32 Å². The van der Waals surface area contributed by atoms with E-state index in [4.69, 9.17) is 0 Å². The number of aromatic nitrogens is 1. The number of hydrogen-bond acceptors (Lipinski definition) is 6. The maximum atomic E-state index is 10.5. The zero-order chi connectivity index (χ0) is 11.5. The zero-order valence-corrected chi connectivity index (χ0v) is 10.1. The van der Waals surface area contributed by atoms with Crippen LogP contribution in [-0.2, 0) is 6.54 Å². The van der Waals surface area contributed by atoms with Crippen molar-refractivity contribution < 1.29 is 4.92 Å². The molecule has 0 fully saturated rings. The summed E-state index contributed by atoms with van der Waals surface area (Å²) in [6, 6.07) is 3.28. The smallest absolute Gasteiger partial charge is 0.324 e. The normalized spacial score (nSPS) is 10.3. The highest BCUT2D eigenvalue weighted by atomic mass is 32.1. The minimum absolute atomic E-state index is 0.173. The summed E-state index contributed by atoms with van der Waals surface area (Å²) in [5, 5.41) is 14.6. The van der Waals surface area contributed by atoms with E-state index in [0.717, 1.165) is 14.9 Å². The van der Waals surface area contributed by atoms with E-state index in [1.807, 2.05) is 6.92 Å². The molecule has 0 saturated carbocycles. The van der Waals surface area contributed by atoms with E-state index in [-0.39, 0.29) is 9.92 Å². The average Bonchev–Trinajstić information content (AvgIpc) is 2.83. The first kappa shape index (κ1) is 11.0. The Bertz CT molecular complexity index is 506. The van der Waals surface area contributed by atoms with Crippen LogP contribution < -0.4 is 5.32 Å². The van der Waals surface area contributed by atoms with Gasteiger partial charge in [-0.1, -0.05) is 11.3 Å². The Morgan fingerprint density at radius 1 is 1.50 bits per heavy atom. The largest absolute Gasteiger partial charge is 0.357 e. The van der Waals surface area contributed by atoms with Crippen LogP contribution in [0.2, 0.25) is 0 Å². The van der Waals surface area contributed by atoms with Crippen molar-refractivity contribution in [3.05, 3.63) is 38.2 Å². The van der Waals surface area contributed by atoms with E-state index in [9.17, 15) is 10.1 Å². The molecule has 16 heavy (non-hydrogen) atoms. The Hall–Kier alpha value is -1.47. The van der Waals surface area contributed by atoms with E-state index >= 15 is 0 Å². The predicted molar refractivity (Wildman–Crippen MR) is 65.2 cm³/mol. The molecule has 7 heteroatoms. The van der Waals surface area contributed by atoms with Crippen molar-refractivity contribution in [2.75, 3.05) is 5.32 Å². The molecule has 0 aromatic carbocycles. The number of nitro groups is 1. The lowest BCUT2D eigenvalue weighted by molar-refractivity contribution is -0.380. The lowest BCUT2D eigenvalue weighted by Crippen LogP contribution is -1.95. The van der Waals surface area contributed by atoms with Crippen LogP contribution in [-0.4, -0.2) is 9.91 Å². The standard InChI is InChI=1S/C9H9N3O2S2/c1-6-4-10-9(15-6)11-5-7-2-3-8(16-7)12(13)14/h2-4H,5H2,1H3,(H,10,11). The third kappa shape index (κ3) is 2.56. The van der Waals surface area contributed by atoms with Crippen LogP contribution in [0.5, 0.6) is 0 Å². The minimum atomic E-state index is -0.373. The topological polar surface area (TPSA) is 68.1 Å². The van der Waals surface area contributed by atoms with Gasteiger partial charge in [0.1, 0.15) is 0 Å². The molecule has 0 aliphatic heterocycles. The Labute approximate surface area is 99.9 Å². The van der Waals surface area contributed by atoms with Gasteiger partial charge in [0, 0.05) is 22.0 Å². The second-order valence-electron chi connectivity index (χ2n) is 3.13. The molecule has 0 radical (unpaired) electrons. The number of thiazole rings is 1. The molecule has 84 valence electrons. The molecule has 2 heterocycles. The van der Waals surface area contributed by atoms with Crippen molar-refractivity contribution in [2.24, 2.45) is 0 Å². The number of thiophene rings is 1. The van der Waals surface area contributed by atoms with E-state index in [1.54, 1.807) is 23.6 Å². The molecule has 0 amide bonds. The van der Waals surface area contributed by atoms with E-state index in [2.05, 4.69) is 10.3 Å². The van der Waals surface area contributed by atoms with Crippen LogP contribution in [0.3, 0.4) is 0 Å². The molecule has 0 spiro atoms. The molecule has 2 aromatic rings. The molecule has 0 aliphatic rings. The van der Waals surface area contributed by atoms with Gasteiger partial charge in [-0.2, -0.15) is 0 Å². The average molecular weight is 255 g/mol. The van der Waals surface area contributed by atoms with Crippen molar-refractivity contribution in [1.82, 2.24) is 4.98 Å². The fourth-order valence-electron chi connectivity index (χ4n) is 1.16. The Morgan fingerprint density at radius 3 is 2.88 bits per heavy atom. The number of rotatable bonds is 4. The molecule has 2 rings (SSSR count). The Balaban J connectivity index is 1.97. The van der Waals surface area contributed by atoms with Gasteiger partial charge in [0.2, 0.25) is 0 Å². The van der Waals surface area contributed by atoms with Gasteiger partial charge in [-0.05, 0) is 13.0 Å². The lowest BCUT2D eigenvalue weighted by atomic mass is 10.4. The molecule has 5 nitrogen and oxygen atoms in total. The quantitative estimate of drug-likeness (QED) is 0.673. The van der Waals surface area contributed by atoms with Gasteiger partial charge >= 0.3 is 5.00 Å². The molecule has 0 bridgehead atoms. The maximum absolute atomic E-state index is 10.5. The van der Waals surface area contributed by atoms with Crippen LogP contribution in [0.4, 0.5) is 10.1 Å². The summed E-state index contributed by atoms with van der Waals surface area (Å²) in [5.41, 5.74) is 0. The summed E-state index contributed by atoms with van der Waals surface area (Å²) in [6.45, 7) is 2.56. The molecule has 0 saturated heterocycles. The van der Waals surface area contributed by atoms with Gasteiger partial charge in [-0.25, -0.2) is 4.98 Å². The molecule has 0 aliphatic carbocycles. The lowest BCUT2D eigenvalue weighted by Gasteiger charge is -1.97. The third-order valence-corrected chi connectivity index (χ3v) is 3.77. The highest BCUT2D eigenvalue weighted by molar-refractivity contribution is 7.16. The first-order valence-electron chi connectivity index (χ1n) is 4.54. The summed E-state index contributed by atoms with van der Waals surface area (Å²) >= 11 is 2.75. The highest BCUT2D eigenvalue weighted by Gasteiger charge is 2.09. The van der Waals surface area contributed by atoms with Crippen LogP contribution in [0.15, 0.2) is 18.3 Å². The fourth-order valence-corrected chi connectivity index (χ4v) is 2.58. The van der Waals surface area contributed by atoms with Crippen molar-refractivity contribution in [3.63, 3.8) is 0 Å². The molecular formula is C9H9N3O2S2. The number of nitrogens with zero attached hydrogens (tertiary/aromatic N) is 2. The van der Waals surface area contributed by atoms with E-state index < -0.39 is 0 Å². The summed E-state index contributed by atoms with van der Waals surface area (Å²) < 4.78 is 0. The minimum Gasteiger partial charge on any atom is -0.357 e. The summed E-state index contributed by atoms with van der Waals surface area (Å²) in [6.07, 6.45) is 1.80. The van der Waals surface area contributed by atoms with Gasteiger partial charge in [0.15, 0.2) is 5.13 Å². The first-order valence-corrected chi connectivity index (χ1v) is 6.18. The second-order valence-corrected chi connectivity index (χ2v) is 5.51. The van der Waals surface area contributed by atoms with Crippen LogP contribution in [0, 0.1) is 17.0 Å². The fraction of sp³-hybridized carbons (Fsp3) is 0.222. The van der Waals surface area contributed by atoms with E-state index in [1.165, 1.54) is 17.4 Å². The van der Waals surface area contributed by atoms with Crippen molar-refractivity contribution >= 4 is 32.8 Å². The Kier molecular flexibility index (Phi) is 3.16. The van der Waals surface area contributed by atoms with E-state index in [0.29, 0.717) is 6.54 Å². The van der Waals surface area contributed by atoms with Gasteiger partial charge in [-0.3, -0.25) is 10.1 Å². The van der Waals surface area contributed by atoms with Gasteiger partial charge in [0.25, 0.3) is 0 Å².